The fourth-order valence-electron chi connectivity index (χ4n) is 13.7. The molecule has 4 saturated heterocycles. The van der Waals surface area contributed by atoms with Gasteiger partial charge in [-0.15, -0.1) is 0 Å². The molecule has 8 aromatic rings. The molecule has 13 rings (SSSR count). The number of aromatic hydroxyl groups is 4. The number of hydrogen-bond donors (Lipinski definition) is 4. The summed E-state index contributed by atoms with van der Waals surface area (Å²) in [6.45, 7) is 14.8. The van der Waals surface area contributed by atoms with Crippen LogP contribution < -0.4 is 9.47 Å². The van der Waals surface area contributed by atoms with Crippen LogP contribution in [-0.2, 0) is 96.9 Å². The predicted octanol–water partition coefficient (Wildman–Crippen LogP) is 10.9. The molecule has 12 bridgehead atoms. The van der Waals surface area contributed by atoms with Crippen LogP contribution >= 0.6 is 0 Å². The van der Waals surface area contributed by atoms with E-state index in [0.29, 0.717) is 129 Å². The van der Waals surface area contributed by atoms with Crippen LogP contribution in [0.2, 0.25) is 0 Å². The Bertz CT molecular complexity index is 3310. The first kappa shape index (κ1) is 61.1. The molecule has 90 heavy (non-hydrogen) atoms. The number of rotatable bonds is 14. The zero-order valence-corrected chi connectivity index (χ0v) is 51.7. The smallest absolute Gasteiger partial charge is 0.126 e. The van der Waals surface area contributed by atoms with Crippen LogP contribution in [0.3, 0.4) is 0 Å². The van der Waals surface area contributed by atoms with Gasteiger partial charge >= 0.3 is 0 Å². The molecule has 0 radical (unpaired) electrons. The summed E-state index contributed by atoms with van der Waals surface area (Å²) in [5.74, 6) is 2.10. The van der Waals surface area contributed by atoms with Crippen LogP contribution in [0.4, 0.5) is 0 Å². The lowest BCUT2D eigenvalue weighted by Gasteiger charge is -2.28. The molecule has 4 heterocycles. The SMILES string of the molecule is Oc1c2cc(CN3CCOCC3)cc1Cc1cccc(c1OCc1ccccc1)Cc1cc(CN3CCOCC3)cc(c1O)Cc1cc(CN3CCOCC3)cc(c1O)Cc1cccc(c1OCc1ccccc1)Cc1cc(CN3CCOCC3)cc(c1O)C2. The standard InChI is InChI=1S/C76H84N4O10/c81-71-63-33-55(47-77-17-25-85-26-18-77)37-67(71)45-69-39-57(49-79-21-29-87-30-22-79)35-65(73(69)83)43-61-15-8-16-62(76(61)90-52-54-11-5-2-6-12-54)44-66-36-58(50-80-23-31-88-32-24-80)40-70(74(66)84)46-68-38-56(48-78-19-27-86-28-20-78)34-64(72(68)82)42-60-14-7-13-59(41-63)75(60)89-51-53-9-3-1-4-10-53/h1-16,33-40,81-84H,17-32,41-52H2. The van der Waals surface area contributed by atoms with E-state index in [1.54, 1.807) is 0 Å². The molecular weight excluding hydrogens is 1130 g/mol. The Kier molecular flexibility index (Phi) is 19.7. The summed E-state index contributed by atoms with van der Waals surface area (Å²) in [7, 11) is 0. The highest BCUT2D eigenvalue weighted by molar-refractivity contribution is 5.59. The maximum Gasteiger partial charge on any atom is 0.126 e. The second kappa shape index (κ2) is 29.0. The van der Waals surface area contributed by atoms with E-state index in [0.717, 1.165) is 153 Å². The van der Waals surface area contributed by atoms with Crippen LogP contribution in [0.15, 0.2) is 146 Å². The molecule has 0 saturated carbocycles. The summed E-state index contributed by atoms with van der Waals surface area (Å²) in [5, 5.41) is 51.7. The maximum absolute atomic E-state index is 12.9. The monoisotopic (exact) mass is 1210 g/mol. The predicted molar refractivity (Wildman–Crippen MR) is 348 cm³/mol. The third-order valence-electron chi connectivity index (χ3n) is 18.4. The molecule has 0 atom stereocenters. The number of nitrogens with zero attached hydrogens (tertiary/aromatic N) is 4. The van der Waals surface area contributed by atoms with Crippen molar-refractivity contribution in [2.75, 3.05) is 105 Å². The third-order valence-corrected chi connectivity index (χ3v) is 18.4. The van der Waals surface area contributed by atoms with Crippen LogP contribution in [0.5, 0.6) is 34.5 Å². The highest BCUT2D eigenvalue weighted by atomic mass is 16.5. The van der Waals surface area contributed by atoms with Crippen LogP contribution in [0.25, 0.3) is 0 Å². The summed E-state index contributed by atoms with van der Waals surface area (Å²) in [5.41, 5.74) is 15.7. The lowest BCUT2D eigenvalue weighted by Crippen LogP contribution is -2.35. The summed E-state index contributed by atoms with van der Waals surface area (Å²) in [6, 6.07) is 49.9. The minimum atomic E-state index is 0.177. The van der Waals surface area contributed by atoms with Gasteiger partial charge in [-0.05, 0) is 100 Å². The Hall–Kier alpha value is -7.76. The lowest BCUT2D eigenvalue weighted by molar-refractivity contribution is 0.0341. The first-order chi connectivity index (χ1) is 44.2. The number of phenols is 4. The number of para-hydroxylation sites is 2. The Balaban J connectivity index is 0.999. The van der Waals surface area contributed by atoms with Gasteiger partial charge in [-0.3, -0.25) is 19.6 Å². The van der Waals surface area contributed by atoms with Gasteiger partial charge < -0.3 is 48.8 Å². The highest BCUT2D eigenvalue weighted by Crippen LogP contribution is 2.42. The number of ether oxygens (including phenoxy) is 6. The zero-order valence-electron chi connectivity index (χ0n) is 51.7. The van der Waals surface area contributed by atoms with Crippen molar-refractivity contribution in [1.29, 1.82) is 0 Å². The largest absolute Gasteiger partial charge is 0.507 e. The minimum Gasteiger partial charge on any atom is -0.507 e. The van der Waals surface area contributed by atoms with Crippen molar-refractivity contribution in [3.05, 3.63) is 246 Å². The second-order valence-corrected chi connectivity index (χ2v) is 25.0. The molecule has 1 aliphatic carbocycles. The molecule has 14 nitrogen and oxygen atoms in total. The normalized spacial score (nSPS) is 17.3. The average molecular weight is 1210 g/mol. The molecule has 4 N–H and O–H groups in total. The first-order valence-electron chi connectivity index (χ1n) is 32.3. The molecule has 0 spiro atoms. The van der Waals surface area contributed by atoms with E-state index in [1.165, 1.54) is 0 Å². The summed E-state index contributed by atoms with van der Waals surface area (Å²) in [4.78, 5) is 9.60. The van der Waals surface area contributed by atoms with Gasteiger partial charge in [0, 0.05) is 117 Å². The van der Waals surface area contributed by atoms with Gasteiger partial charge in [0.2, 0.25) is 0 Å². The van der Waals surface area contributed by atoms with E-state index in [4.69, 9.17) is 28.4 Å². The Morgan fingerprint density at radius 1 is 0.267 bits per heavy atom. The zero-order chi connectivity index (χ0) is 61.2. The van der Waals surface area contributed by atoms with Gasteiger partial charge in [-0.2, -0.15) is 0 Å². The van der Waals surface area contributed by atoms with E-state index >= 15 is 0 Å². The summed E-state index contributed by atoms with van der Waals surface area (Å²) >= 11 is 0. The number of benzene rings is 8. The van der Waals surface area contributed by atoms with Crippen molar-refractivity contribution in [2.45, 2.75) is 77.9 Å². The van der Waals surface area contributed by atoms with E-state index in [9.17, 15) is 20.4 Å². The minimum absolute atomic E-state index is 0.177. The van der Waals surface area contributed by atoms with Gasteiger partial charge in [0.05, 0.1) is 52.9 Å². The van der Waals surface area contributed by atoms with Crippen molar-refractivity contribution in [2.24, 2.45) is 0 Å². The van der Waals surface area contributed by atoms with Crippen LogP contribution in [0, 0.1) is 0 Å². The fraction of sp³-hybridized carbons (Fsp3) is 0.368. The summed E-state index contributed by atoms with van der Waals surface area (Å²) in [6.07, 6.45) is 1.93. The molecule has 5 aliphatic rings. The van der Waals surface area contributed by atoms with E-state index in [1.807, 2.05) is 36.4 Å². The molecule has 0 unspecified atom stereocenters. The van der Waals surface area contributed by atoms with Crippen molar-refractivity contribution in [3.8, 4) is 34.5 Å². The molecule has 0 amide bonds. The number of fused-ring (bicyclic) bond motifs is 12. The van der Waals surface area contributed by atoms with E-state index in [-0.39, 0.29) is 35.8 Å². The van der Waals surface area contributed by atoms with Gasteiger partial charge in [-0.25, -0.2) is 0 Å². The highest BCUT2D eigenvalue weighted by Gasteiger charge is 2.26. The van der Waals surface area contributed by atoms with Crippen molar-refractivity contribution >= 4 is 0 Å². The molecule has 4 fully saturated rings. The molecule has 4 aliphatic heterocycles. The summed E-state index contributed by atoms with van der Waals surface area (Å²) < 4.78 is 37.3. The number of morpholine rings is 4. The molecule has 0 aromatic heterocycles. The number of hydrogen-bond acceptors (Lipinski definition) is 14. The molecule has 14 heteroatoms. The van der Waals surface area contributed by atoms with Crippen LogP contribution in [0.1, 0.15) is 100 Å². The van der Waals surface area contributed by atoms with Crippen molar-refractivity contribution in [1.82, 2.24) is 19.6 Å². The molecule has 468 valence electrons. The van der Waals surface area contributed by atoms with Crippen molar-refractivity contribution in [3.63, 3.8) is 0 Å². The van der Waals surface area contributed by atoms with Crippen LogP contribution in [-0.4, -0.2) is 145 Å². The van der Waals surface area contributed by atoms with Gasteiger partial charge in [0.15, 0.2) is 0 Å². The second-order valence-electron chi connectivity index (χ2n) is 25.0. The number of phenolic OH excluding ortho intramolecular Hbond substituents is 4. The Morgan fingerprint density at radius 3 is 0.722 bits per heavy atom. The fourth-order valence-corrected chi connectivity index (χ4v) is 13.7. The Morgan fingerprint density at radius 2 is 0.489 bits per heavy atom. The topological polar surface area (TPSA) is 149 Å². The first-order valence-corrected chi connectivity index (χ1v) is 32.3. The van der Waals surface area contributed by atoms with E-state index in [2.05, 4.69) is 129 Å². The molecular formula is C76H84N4O10. The third kappa shape index (κ3) is 15.2. The van der Waals surface area contributed by atoms with Gasteiger partial charge in [0.25, 0.3) is 0 Å². The van der Waals surface area contributed by atoms with Gasteiger partial charge in [-0.1, -0.05) is 146 Å². The van der Waals surface area contributed by atoms with E-state index < -0.39 is 0 Å². The maximum atomic E-state index is 12.9. The van der Waals surface area contributed by atoms with Gasteiger partial charge in [0.1, 0.15) is 47.7 Å². The molecule has 8 aromatic carbocycles. The quantitative estimate of drug-likeness (QED) is 0.0818. The lowest BCUT2D eigenvalue weighted by atomic mass is 9.89. The Labute approximate surface area is 529 Å². The average Bonchev–Trinajstić information content (AvgIpc) is 1.31. The van der Waals surface area contributed by atoms with Crippen molar-refractivity contribution < 1.29 is 48.8 Å².